The summed E-state index contributed by atoms with van der Waals surface area (Å²) < 4.78 is 11.0. The number of hydrogen-bond donors (Lipinski definition) is 0. The molecule has 1 atom stereocenters. The third-order valence-corrected chi connectivity index (χ3v) is 6.02. The third-order valence-electron chi connectivity index (χ3n) is 5.43. The number of ether oxygens (including phenoxy) is 2. The van der Waals surface area contributed by atoms with Gasteiger partial charge >= 0.3 is 0 Å². The largest absolute Gasteiger partial charge is 0.493 e. The zero-order chi connectivity index (χ0) is 21.3. The molecular formula is C24H21Cl2NO3. The molecule has 0 N–H and O–H groups in total. The average molecular weight is 442 g/mol. The Labute approximate surface area is 185 Å². The molecular weight excluding hydrogens is 421 g/mol. The molecule has 6 heteroatoms. The van der Waals surface area contributed by atoms with E-state index in [0.29, 0.717) is 40.1 Å². The van der Waals surface area contributed by atoms with Gasteiger partial charge < -0.3 is 14.4 Å². The molecule has 0 saturated carbocycles. The highest BCUT2D eigenvalue weighted by atomic mass is 35.5. The van der Waals surface area contributed by atoms with Crippen LogP contribution in [0.2, 0.25) is 10.0 Å². The van der Waals surface area contributed by atoms with Gasteiger partial charge in [-0.25, -0.2) is 0 Å². The summed E-state index contributed by atoms with van der Waals surface area (Å²) >= 11 is 12.6. The lowest BCUT2D eigenvalue weighted by molar-refractivity contribution is 0.0694. The molecule has 3 aromatic rings. The molecule has 1 unspecified atom stereocenters. The van der Waals surface area contributed by atoms with Crippen molar-refractivity contribution in [1.29, 1.82) is 0 Å². The van der Waals surface area contributed by atoms with Crippen molar-refractivity contribution >= 4 is 29.1 Å². The number of nitrogens with zero attached hydrogens (tertiary/aromatic N) is 1. The Morgan fingerprint density at radius 2 is 1.60 bits per heavy atom. The first-order chi connectivity index (χ1) is 14.5. The number of benzene rings is 3. The molecule has 1 aliphatic rings. The molecule has 1 heterocycles. The smallest absolute Gasteiger partial charge is 0.254 e. The summed E-state index contributed by atoms with van der Waals surface area (Å²) in [7, 11) is 3.23. The zero-order valence-electron chi connectivity index (χ0n) is 16.7. The minimum absolute atomic E-state index is 0.0722. The molecule has 0 fully saturated rings. The number of fused-ring (bicyclic) bond motifs is 1. The van der Waals surface area contributed by atoms with Gasteiger partial charge in [-0.3, -0.25) is 4.79 Å². The van der Waals surface area contributed by atoms with Crippen molar-refractivity contribution in [2.24, 2.45) is 0 Å². The maximum atomic E-state index is 13.5. The molecule has 3 aromatic carbocycles. The summed E-state index contributed by atoms with van der Waals surface area (Å²) in [4.78, 5) is 15.3. The quantitative estimate of drug-likeness (QED) is 0.513. The van der Waals surface area contributed by atoms with E-state index in [0.717, 1.165) is 16.7 Å². The van der Waals surface area contributed by atoms with Gasteiger partial charge in [-0.15, -0.1) is 0 Å². The molecule has 0 aliphatic carbocycles. The second kappa shape index (κ2) is 8.58. The van der Waals surface area contributed by atoms with E-state index in [1.54, 1.807) is 38.5 Å². The van der Waals surface area contributed by atoms with Gasteiger partial charge in [0, 0.05) is 22.2 Å². The van der Waals surface area contributed by atoms with Crippen LogP contribution in [0.4, 0.5) is 0 Å². The lowest BCUT2D eigenvalue weighted by Crippen LogP contribution is -2.40. The molecule has 0 spiro atoms. The lowest BCUT2D eigenvalue weighted by Gasteiger charge is -2.38. The summed E-state index contributed by atoms with van der Waals surface area (Å²) in [5, 5.41) is 1.20. The van der Waals surface area contributed by atoms with Crippen LogP contribution in [0.3, 0.4) is 0 Å². The average Bonchev–Trinajstić information content (AvgIpc) is 2.78. The topological polar surface area (TPSA) is 38.8 Å². The maximum absolute atomic E-state index is 13.5. The number of hydrogen-bond acceptors (Lipinski definition) is 3. The highest BCUT2D eigenvalue weighted by Crippen LogP contribution is 2.43. The molecule has 4 nitrogen and oxygen atoms in total. The van der Waals surface area contributed by atoms with Gasteiger partial charge in [-0.1, -0.05) is 41.4 Å². The Kier molecular flexibility index (Phi) is 5.89. The van der Waals surface area contributed by atoms with Crippen LogP contribution in [0.5, 0.6) is 11.5 Å². The first kappa shape index (κ1) is 20.6. The first-order valence-electron chi connectivity index (χ1n) is 9.59. The Balaban J connectivity index is 1.86. The Bertz CT molecular complexity index is 1080. The normalized spacial score (nSPS) is 15.5. The SMILES string of the molecule is COc1cc2c(cc1OC)C(c1ccccc1Cl)N(C(=O)c1ccc(Cl)cc1)CC2. The summed E-state index contributed by atoms with van der Waals surface area (Å²) in [5.41, 5.74) is 3.54. The van der Waals surface area contributed by atoms with Crippen LogP contribution in [0.25, 0.3) is 0 Å². The molecule has 0 saturated heterocycles. The molecule has 0 radical (unpaired) electrons. The van der Waals surface area contributed by atoms with Gasteiger partial charge in [0.25, 0.3) is 5.91 Å². The van der Waals surface area contributed by atoms with Gasteiger partial charge in [0.05, 0.1) is 20.3 Å². The van der Waals surface area contributed by atoms with E-state index < -0.39 is 0 Å². The monoisotopic (exact) mass is 441 g/mol. The number of amides is 1. The molecule has 0 bridgehead atoms. The molecule has 30 heavy (non-hydrogen) atoms. The van der Waals surface area contributed by atoms with Gasteiger partial charge in [0.1, 0.15) is 0 Å². The molecule has 1 aliphatic heterocycles. The number of carbonyl (C=O) groups is 1. The van der Waals surface area contributed by atoms with E-state index in [4.69, 9.17) is 32.7 Å². The predicted molar refractivity (Wildman–Crippen MR) is 119 cm³/mol. The highest BCUT2D eigenvalue weighted by Gasteiger charge is 2.34. The second-order valence-corrected chi connectivity index (χ2v) is 7.93. The van der Waals surface area contributed by atoms with Crippen LogP contribution < -0.4 is 9.47 Å². The fourth-order valence-electron chi connectivity index (χ4n) is 3.96. The van der Waals surface area contributed by atoms with Gasteiger partial charge in [-0.05, 0) is 65.6 Å². The summed E-state index contributed by atoms with van der Waals surface area (Å²) in [5.74, 6) is 1.22. The van der Waals surface area contributed by atoms with Crippen molar-refractivity contribution in [1.82, 2.24) is 4.90 Å². The first-order valence-corrected chi connectivity index (χ1v) is 10.3. The molecule has 154 valence electrons. The van der Waals surface area contributed by atoms with Gasteiger partial charge in [0.2, 0.25) is 0 Å². The Morgan fingerprint density at radius 3 is 2.27 bits per heavy atom. The van der Waals surface area contributed by atoms with Gasteiger partial charge in [0.15, 0.2) is 11.5 Å². The highest BCUT2D eigenvalue weighted by molar-refractivity contribution is 6.31. The van der Waals surface area contributed by atoms with E-state index >= 15 is 0 Å². The lowest BCUT2D eigenvalue weighted by atomic mass is 9.87. The molecule has 1 amide bonds. The van der Waals surface area contributed by atoms with Gasteiger partial charge in [-0.2, -0.15) is 0 Å². The third kappa shape index (κ3) is 3.73. The van der Waals surface area contributed by atoms with Crippen LogP contribution in [-0.4, -0.2) is 31.6 Å². The van der Waals surface area contributed by atoms with Crippen LogP contribution >= 0.6 is 23.2 Å². The number of methoxy groups -OCH3 is 2. The molecule has 4 rings (SSSR count). The number of halogens is 2. The standard InChI is InChI=1S/C24H21Cl2NO3/c1-29-21-13-16-11-12-27(24(28)15-7-9-17(25)10-8-15)23(19(16)14-22(21)30-2)18-5-3-4-6-20(18)26/h3-10,13-14,23H,11-12H2,1-2H3. The minimum atomic E-state index is -0.342. The van der Waals surface area contributed by atoms with Crippen LogP contribution in [0.15, 0.2) is 60.7 Å². The molecule has 0 aromatic heterocycles. The summed E-state index contributed by atoms with van der Waals surface area (Å²) in [6, 6.07) is 18.2. The minimum Gasteiger partial charge on any atom is -0.493 e. The van der Waals surface area contributed by atoms with Crippen molar-refractivity contribution in [3.05, 3.63) is 93.0 Å². The van der Waals surface area contributed by atoms with E-state index in [1.165, 1.54) is 0 Å². The van der Waals surface area contributed by atoms with Crippen molar-refractivity contribution in [2.75, 3.05) is 20.8 Å². The fraction of sp³-hybridized carbons (Fsp3) is 0.208. The maximum Gasteiger partial charge on any atom is 0.254 e. The predicted octanol–water partition coefficient (Wildman–Crippen LogP) is 5.80. The van der Waals surface area contributed by atoms with Crippen molar-refractivity contribution in [3.63, 3.8) is 0 Å². The number of rotatable bonds is 4. The van der Waals surface area contributed by atoms with E-state index in [2.05, 4.69) is 0 Å². The van der Waals surface area contributed by atoms with Crippen LogP contribution in [0.1, 0.15) is 33.1 Å². The fourth-order valence-corrected chi connectivity index (χ4v) is 4.32. The summed E-state index contributed by atoms with van der Waals surface area (Å²) in [6.45, 7) is 0.555. The van der Waals surface area contributed by atoms with E-state index in [9.17, 15) is 4.79 Å². The van der Waals surface area contributed by atoms with Crippen LogP contribution in [0, 0.1) is 0 Å². The van der Waals surface area contributed by atoms with Crippen LogP contribution in [-0.2, 0) is 6.42 Å². The summed E-state index contributed by atoms with van der Waals surface area (Å²) in [6.07, 6.45) is 0.704. The second-order valence-electron chi connectivity index (χ2n) is 7.09. The zero-order valence-corrected chi connectivity index (χ0v) is 18.2. The number of carbonyl (C=O) groups excluding carboxylic acids is 1. The Morgan fingerprint density at radius 1 is 0.933 bits per heavy atom. The Hall–Kier alpha value is -2.69. The van der Waals surface area contributed by atoms with Crippen molar-refractivity contribution in [3.8, 4) is 11.5 Å². The van der Waals surface area contributed by atoms with Crippen molar-refractivity contribution < 1.29 is 14.3 Å². The van der Waals surface area contributed by atoms with E-state index in [-0.39, 0.29) is 11.9 Å². The van der Waals surface area contributed by atoms with E-state index in [1.807, 2.05) is 41.3 Å². The van der Waals surface area contributed by atoms with Crippen molar-refractivity contribution in [2.45, 2.75) is 12.5 Å².